The van der Waals surface area contributed by atoms with Gasteiger partial charge >= 0.3 is 0 Å². The minimum Gasteiger partial charge on any atom is -0.276 e. The van der Waals surface area contributed by atoms with E-state index in [1.165, 1.54) is 12.1 Å². The molecule has 18 heavy (non-hydrogen) atoms. The first kappa shape index (κ1) is 13.4. The highest BCUT2D eigenvalue weighted by Crippen LogP contribution is 2.32. The average molecular weight is 264 g/mol. The third-order valence-corrected chi connectivity index (χ3v) is 2.54. The van der Waals surface area contributed by atoms with E-state index in [1.54, 1.807) is 19.1 Å². The Bertz CT molecular complexity index is 596. The van der Waals surface area contributed by atoms with E-state index >= 15 is 0 Å². The number of hydrogen-bond donors (Lipinski definition) is 1. The van der Waals surface area contributed by atoms with Gasteiger partial charge in [0.1, 0.15) is 17.2 Å². The van der Waals surface area contributed by atoms with Gasteiger partial charge in [-0.3, -0.25) is 15.5 Å². The van der Waals surface area contributed by atoms with E-state index in [2.05, 4.69) is 10.5 Å². The van der Waals surface area contributed by atoms with Crippen molar-refractivity contribution in [1.29, 1.82) is 10.5 Å². The Morgan fingerprint density at radius 3 is 2.61 bits per heavy atom. The fraction of sp³-hybridized carbons (Fsp3) is 0.100. The molecule has 0 aliphatic rings. The van der Waals surface area contributed by atoms with Crippen molar-refractivity contribution < 1.29 is 4.92 Å². The quantitative estimate of drug-likeness (QED) is 0.510. The molecule has 8 heteroatoms. The van der Waals surface area contributed by atoms with E-state index in [0.29, 0.717) is 11.3 Å². The van der Waals surface area contributed by atoms with Gasteiger partial charge in [0.15, 0.2) is 0 Å². The number of halogens is 1. The molecule has 0 fully saturated rings. The van der Waals surface area contributed by atoms with Gasteiger partial charge in [0.2, 0.25) is 5.71 Å². The molecule has 0 aliphatic carbocycles. The van der Waals surface area contributed by atoms with Gasteiger partial charge in [-0.15, -0.1) is 0 Å². The fourth-order valence-corrected chi connectivity index (χ4v) is 1.36. The summed E-state index contributed by atoms with van der Waals surface area (Å²) in [7, 11) is 0. The summed E-state index contributed by atoms with van der Waals surface area (Å²) in [6.45, 7) is 1.56. The Labute approximate surface area is 107 Å². The largest absolute Gasteiger partial charge is 0.288 e. The maximum Gasteiger partial charge on any atom is 0.288 e. The highest BCUT2D eigenvalue weighted by Gasteiger charge is 2.16. The molecule has 0 spiro atoms. The van der Waals surface area contributed by atoms with Crippen molar-refractivity contribution in [3.63, 3.8) is 0 Å². The second-order valence-electron chi connectivity index (χ2n) is 3.12. The third kappa shape index (κ3) is 2.73. The van der Waals surface area contributed by atoms with Crippen LogP contribution in [-0.2, 0) is 0 Å². The Morgan fingerprint density at radius 1 is 1.50 bits per heavy atom. The van der Waals surface area contributed by atoms with Crippen molar-refractivity contribution in [1.82, 2.24) is 0 Å². The summed E-state index contributed by atoms with van der Waals surface area (Å²) >= 11 is 5.82. The zero-order chi connectivity index (χ0) is 13.7. The van der Waals surface area contributed by atoms with Crippen LogP contribution in [0.3, 0.4) is 0 Å². The Kier molecular flexibility index (Phi) is 4.19. The Balaban J connectivity index is 3.12. The molecule has 0 radical (unpaired) electrons. The van der Waals surface area contributed by atoms with E-state index in [9.17, 15) is 10.1 Å². The van der Waals surface area contributed by atoms with Crippen molar-refractivity contribution in [2.24, 2.45) is 5.10 Å². The van der Waals surface area contributed by atoms with E-state index in [4.69, 9.17) is 22.1 Å². The summed E-state index contributed by atoms with van der Waals surface area (Å²) in [5.41, 5.74) is 2.67. The number of nitrogens with one attached hydrogen (secondary N) is 1. The smallest absolute Gasteiger partial charge is 0.276 e. The van der Waals surface area contributed by atoms with Gasteiger partial charge in [-0.1, -0.05) is 11.6 Å². The lowest BCUT2D eigenvalue weighted by atomic mass is 10.2. The molecule has 90 valence electrons. The van der Waals surface area contributed by atoms with Crippen molar-refractivity contribution in [3.05, 3.63) is 32.8 Å². The van der Waals surface area contributed by atoms with Crippen LogP contribution in [0.1, 0.15) is 5.56 Å². The van der Waals surface area contributed by atoms with E-state index in [1.807, 2.05) is 0 Å². The summed E-state index contributed by atoms with van der Waals surface area (Å²) < 4.78 is 0. The average Bonchev–Trinajstić information content (AvgIpc) is 2.35. The van der Waals surface area contributed by atoms with E-state index in [0.717, 1.165) is 0 Å². The second-order valence-corrected chi connectivity index (χ2v) is 3.50. The van der Waals surface area contributed by atoms with Gasteiger partial charge in [0.05, 0.1) is 10.6 Å². The number of anilines is 1. The first-order valence-corrected chi connectivity index (χ1v) is 4.96. The normalized spacial score (nSPS) is 8.89. The van der Waals surface area contributed by atoms with E-state index < -0.39 is 4.92 Å². The van der Waals surface area contributed by atoms with Crippen LogP contribution >= 0.6 is 11.6 Å². The molecule has 1 aromatic rings. The van der Waals surface area contributed by atoms with Crippen molar-refractivity contribution in [2.45, 2.75) is 6.92 Å². The molecular weight excluding hydrogens is 258 g/mol. The van der Waals surface area contributed by atoms with Crippen LogP contribution in [0.15, 0.2) is 17.2 Å². The zero-order valence-electron chi connectivity index (χ0n) is 9.14. The topological polar surface area (TPSA) is 115 Å². The number of hydrogen-bond acceptors (Lipinski definition) is 6. The number of hydrazone groups is 1. The standard InChI is InChI=1S/C10H6ClN5O2/c1-6-8(15-14-7(4-12)5-13)2-3-9(10(6)11)16(17)18/h2-3,15H,1H3. The van der Waals surface area contributed by atoms with Crippen LogP contribution in [0.25, 0.3) is 0 Å². The molecule has 0 saturated heterocycles. The van der Waals surface area contributed by atoms with Crippen LogP contribution in [0.4, 0.5) is 11.4 Å². The molecular formula is C10H6ClN5O2. The Hall–Kier alpha value is -2.64. The SMILES string of the molecule is Cc1c(NN=C(C#N)C#N)ccc([N+](=O)[O-])c1Cl. The highest BCUT2D eigenvalue weighted by atomic mass is 35.5. The minimum absolute atomic E-state index is 0.0179. The van der Waals surface area contributed by atoms with Crippen molar-refractivity contribution >= 4 is 28.7 Å². The molecule has 0 amide bonds. The molecule has 1 N–H and O–H groups in total. The number of nitro benzene ring substituents is 1. The number of benzene rings is 1. The molecule has 0 unspecified atom stereocenters. The molecule has 0 heterocycles. The van der Waals surface area contributed by atoms with Gasteiger partial charge < -0.3 is 0 Å². The van der Waals surface area contributed by atoms with Gasteiger partial charge in [0.25, 0.3) is 5.69 Å². The number of nitro groups is 1. The first-order chi connectivity index (χ1) is 8.51. The zero-order valence-corrected chi connectivity index (χ0v) is 9.89. The summed E-state index contributed by atoms with van der Waals surface area (Å²) in [5, 5.41) is 31.1. The van der Waals surface area contributed by atoms with Crippen LogP contribution in [-0.4, -0.2) is 10.6 Å². The predicted molar refractivity (Wildman–Crippen MR) is 65.1 cm³/mol. The number of nitrogens with zero attached hydrogens (tertiary/aromatic N) is 4. The lowest BCUT2D eigenvalue weighted by molar-refractivity contribution is -0.384. The summed E-state index contributed by atoms with van der Waals surface area (Å²) in [4.78, 5) is 10.0. The van der Waals surface area contributed by atoms with Gasteiger partial charge in [-0.2, -0.15) is 15.6 Å². The Morgan fingerprint density at radius 2 is 2.11 bits per heavy atom. The van der Waals surface area contributed by atoms with E-state index in [-0.39, 0.29) is 16.4 Å². The predicted octanol–water partition coefficient (Wildman–Crippen LogP) is 2.37. The monoisotopic (exact) mass is 263 g/mol. The lowest BCUT2D eigenvalue weighted by Crippen LogP contribution is -1.99. The minimum atomic E-state index is -0.599. The van der Waals surface area contributed by atoms with Gasteiger partial charge in [-0.05, 0) is 18.6 Å². The van der Waals surface area contributed by atoms with Crippen LogP contribution in [0.2, 0.25) is 5.02 Å². The summed E-state index contributed by atoms with van der Waals surface area (Å²) in [5.74, 6) is 0. The molecule has 0 bridgehead atoms. The van der Waals surface area contributed by atoms with Crippen LogP contribution in [0, 0.1) is 39.7 Å². The molecule has 0 saturated carbocycles. The summed E-state index contributed by atoms with van der Waals surface area (Å²) in [6, 6.07) is 5.75. The molecule has 0 aromatic heterocycles. The van der Waals surface area contributed by atoms with Crippen molar-refractivity contribution in [2.75, 3.05) is 5.43 Å². The van der Waals surface area contributed by atoms with Crippen LogP contribution in [0.5, 0.6) is 0 Å². The molecule has 0 atom stereocenters. The van der Waals surface area contributed by atoms with Crippen molar-refractivity contribution in [3.8, 4) is 12.1 Å². The maximum atomic E-state index is 10.6. The van der Waals surface area contributed by atoms with Gasteiger partial charge in [-0.25, -0.2) is 0 Å². The van der Waals surface area contributed by atoms with Gasteiger partial charge in [0, 0.05) is 6.07 Å². The third-order valence-electron chi connectivity index (χ3n) is 2.06. The molecule has 1 aromatic carbocycles. The number of nitriles is 2. The molecule has 0 aliphatic heterocycles. The highest BCUT2D eigenvalue weighted by molar-refractivity contribution is 6.33. The maximum absolute atomic E-state index is 10.6. The molecule has 7 nitrogen and oxygen atoms in total. The van der Waals surface area contributed by atoms with Crippen LogP contribution < -0.4 is 5.43 Å². The first-order valence-electron chi connectivity index (χ1n) is 4.58. The fourth-order valence-electron chi connectivity index (χ4n) is 1.12. The lowest BCUT2D eigenvalue weighted by Gasteiger charge is -2.06. The second kappa shape index (κ2) is 5.62. The number of rotatable bonds is 3. The summed E-state index contributed by atoms with van der Waals surface area (Å²) in [6.07, 6.45) is 0. The molecule has 1 rings (SSSR count).